The predicted octanol–water partition coefficient (Wildman–Crippen LogP) is 3.93. The summed E-state index contributed by atoms with van der Waals surface area (Å²) in [7, 11) is 0. The van der Waals surface area contributed by atoms with E-state index in [2.05, 4.69) is 37.2 Å². The van der Waals surface area contributed by atoms with E-state index in [0.717, 1.165) is 4.47 Å². The number of aliphatic carboxylic acids is 1. The van der Waals surface area contributed by atoms with Crippen LogP contribution in [0.4, 0.5) is 10.5 Å². The zero-order valence-corrected chi connectivity index (χ0v) is 14.6. The molecular formula is C13H16Br2N2O3. The largest absolute Gasteiger partial charge is 0.480 e. The number of benzene rings is 1. The van der Waals surface area contributed by atoms with Gasteiger partial charge in [-0.1, -0.05) is 15.9 Å². The number of nitrogens with zero attached hydrogens (tertiary/aromatic N) is 1. The first-order valence-corrected chi connectivity index (χ1v) is 7.45. The Hall–Kier alpha value is -1.08. The van der Waals surface area contributed by atoms with Crippen LogP contribution in [0.2, 0.25) is 0 Å². The van der Waals surface area contributed by atoms with Crippen molar-refractivity contribution >= 4 is 49.5 Å². The molecule has 0 radical (unpaired) electrons. The van der Waals surface area contributed by atoms with Gasteiger partial charge in [0.25, 0.3) is 0 Å². The van der Waals surface area contributed by atoms with Gasteiger partial charge in [0.1, 0.15) is 6.54 Å². The Balaban J connectivity index is 2.93. The molecule has 0 atom stereocenters. The molecule has 1 rings (SSSR count). The highest BCUT2D eigenvalue weighted by Crippen LogP contribution is 2.27. The molecule has 5 nitrogen and oxygen atoms in total. The monoisotopic (exact) mass is 406 g/mol. The highest BCUT2D eigenvalue weighted by atomic mass is 79.9. The van der Waals surface area contributed by atoms with Crippen LogP contribution in [-0.4, -0.2) is 34.1 Å². The minimum absolute atomic E-state index is 0.358. The second-order valence-corrected chi connectivity index (χ2v) is 6.98. The summed E-state index contributed by atoms with van der Waals surface area (Å²) in [6, 6.07) is 4.86. The molecule has 0 saturated carbocycles. The van der Waals surface area contributed by atoms with Crippen molar-refractivity contribution in [1.82, 2.24) is 4.90 Å². The normalized spacial score (nSPS) is 11.1. The molecular weight excluding hydrogens is 392 g/mol. The zero-order valence-electron chi connectivity index (χ0n) is 11.4. The fourth-order valence-electron chi connectivity index (χ4n) is 1.52. The zero-order chi connectivity index (χ0) is 15.5. The average Bonchev–Trinajstić information content (AvgIpc) is 2.28. The smallest absolute Gasteiger partial charge is 0.323 e. The van der Waals surface area contributed by atoms with Crippen LogP contribution >= 0.6 is 31.9 Å². The van der Waals surface area contributed by atoms with Crippen LogP contribution in [0.5, 0.6) is 0 Å². The Bertz CT molecular complexity index is 527. The fourth-order valence-corrected chi connectivity index (χ4v) is 2.67. The molecule has 0 aliphatic carbocycles. The van der Waals surface area contributed by atoms with Crippen LogP contribution in [0, 0.1) is 0 Å². The number of nitrogens with one attached hydrogen (secondary N) is 1. The van der Waals surface area contributed by atoms with Crippen molar-refractivity contribution in [3.05, 3.63) is 27.1 Å². The van der Waals surface area contributed by atoms with Gasteiger partial charge < -0.3 is 15.3 Å². The molecule has 0 bridgehead atoms. The second kappa shape index (κ2) is 6.58. The van der Waals surface area contributed by atoms with Crippen LogP contribution < -0.4 is 5.32 Å². The molecule has 110 valence electrons. The molecule has 2 N–H and O–H groups in total. The van der Waals surface area contributed by atoms with Crippen molar-refractivity contribution < 1.29 is 14.7 Å². The predicted molar refractivity (Wildman–Crippen MR) is 85.0 cm³/mol. The quantitative estimate of drug-likeness (QED) is 0.797. The Kier molecular flexibility index (Phi) is 5.59. The number of hydrogen-bond donors (Lipinski definition) is 2. The molecule has 1 aromatic carbocycles. The number of urea groups is 1. The molecule has 1 aromatic rings. The van der Waals surface area contributed by atoms with E-state index in [1.54, 1.807) is 39.0 Å². The van der Waals surface area contributed by atoms with Crippen LogP contribution in [0.3, 0.4) is 0 Å². The number of carbonyl (C=O) groups is 2. The molecule has 0 aromatic heterocycles. The lowest BCUT2D eigenvalue weighted by Crippen LogP contribution is -2.50. The van der Waals surface area contributed by atoms with E-state index in [4.69, 9.17) is 5.11 Å². The van der Waals surface area contributed by atoms with Crippen molar-refractivity contribution in [3.63, 3.8) is 0 Å². The van der Waals surface area contributed by atoms with Gasteiger partial charge >= 0.3 is 12.0 Å². The van der Waals surface area contributed by atoms with Crippen molar-refractivity contribution in [3.8, 4) is 0 Å². The van der Waals surface area contributed by atoms with Crippen molar-refractivity contribution in [1.29, 1.82) is 0 Å². The van der Waals surface area contributed by atoms with Gasteiger partial charge in [0.15, 0.2) is 0 Å². The van der Waals surface area contributed by atoms with Gasteiger partial charge in [-0.25, -0.2) is 4.79 Å². The summed E-state index contributed by atoms with van der Waals surface area (Å²) in [5.41, 5.74) is -0.0116. The summed E-state index contributed by atoms with van der Waals surface area (Å²) < 4.78 is 1.59. The van der Waals surface area contributed by atoms with Gasteiger partial charge in [0, 0.05) is 14.5 Å². The van der Waals surface area contributed by atoms with Gasteiger partial charge in [0.05, 0.1) is 5.69 Å². The highest BCUT2D eigenvalue weighted by molar-refractivity contribution is 9.11. The van der Waals surface area contributed by atoms with Gasteiger partial charge in [-0.05, 0) is 54.9 Å². The Morgan fingerprint density at radius 2 is 1.90 bits per heavy atom. The third-order valence-electron chi connectivity index (χ3n) is 2.52. The number of anilines is 1. The van der Waals surface area contributed by atoms with E-state index in [-0.39, 0.29) is 6.54 Å². The van der Waals surface area contributed by atoms with Crippen molar-refractivity contribution in [2.75, 3.05) is 11.9 Å². The first kappa shape index (κ1) is 17.0. The van der Waals surface area contributed by atoms with Crippen LogP contribution in [0.25, 0.3) is 0 Å². The van der Waals surface area contributed by atoms with E-state index in [9.17, 15) is 9.59 Å². The van der Waals surface area contributed by atoms with E-state index < -0.39 is 17.5 Å². The van der Waals surface area contributed by atoms with Crippen LogP contribution in [0.15, 0.2) is 27.1 Å². The first-order chi connectivity index (χ1) is 9.11. The van der Waals surface area contributed by atoms with E-state index in [0.29, 0.717) is 10.2 Å². The minimum Gasteiger partial charge on any atom is -0.480 e. The van der Waals surface area contributed by atoms with Crippen LogP contribution in [0.1, 0.15) is 20.8 Å². The maximum absolute atomic E-state index is 12.3. The van der Waals surface area contributed by atoms with Crippen molar-refractivity contribution in [2.45, 2.75) is 26.3 Å². The maximum Gasteiger partial charge on any atom is 0.323 e. The lowest BCUT2D eigenvalue weighted by atomic mass is 10.1. The Morgan fingerprint density at radius 3 is 2.35 bits per heavy atom. The molecule has 0 fully saturated rings. The summed E-state index contributed by atoms with van der Waals surface area (Å²) in [6.07, 6.45) is 0. The number of carboxylic acids is 1. The second-order valence-electron chi connectivity index (χ2n) is 5.21. The fraction of sp³-hybridized carbons (Fsp3) is 0.385. The van der Waals surface area contributed by atoms with Gasteiger partial charge in [-0.3, -0.25) is 4.79 Å². The third-order valence-corrected chi connectivity index (χ3v) is 3.67. The summed E-state index contributed by atoms with van der Waals surface area (Å²) in [4.78, 5) is 24.4. The summed E-state index contributed by atoms with van der Waals surface area (Å²) in [5, 5.41) is 11.6. The molecule has 0 aliphatic rings. The molecule has 0 saturated heterocycles. The summed E-state index contributed by atoms with van der Waals surface area (Å²) in [5.74, 6) is -1.05. The molecule has 0 spiro atoms. The standard InChI is InChI=1S/C13H16Br2N2O3/c1-13(2,3)17(7-11(18)19)12(20)16-10-5-4-8(14)6-9(10)15/h4-6H,7H2,1-3H3,(H,16,20)(H,18,19). The number of carboxylic acid groups (broad SMARTS) is 1. The lowest BCUT2D eigenvalue weighted by molar-refractivity contribution is -0.138. The van der Waals surface area contributed by atoms with E-state index >= 15 is 0 Å². The topological polar surface area (TPSA) is 69.6 Å². The molecule has 7 heteroatoms. The molecule has 0 aliphatic heterocycles. The average molecular weight is 408 g/mol. The molecule has 0 heterocycles. The summed E-state index contributed by atoms with van der Waals surface area (Å²) >= 11 is 6.67. The number of rotatable bonds is 3. The molecule has 2 amide bonds. The third kappa shape index (κ3) is 4.79. The lowest BCUT2D eigenvalue weighted by Gasteiger charge is -2.34. The minimum atomic E-state index is -1.05. The number of hydrogen-bond acceptors (Lipinski definition) is 2. The SMILES string of the molecule is CC(C)(C)N(CC(=O)O)C(=O)Nc1ccc(Br)cc1Br. The first-order valence-electron chi connectivity index (χ1n) is 5.86. The molecule has 20 heavy (non-hydrogen) atoms. The van der Waals surface area contributed by atoms with Gasteiger partial charge in [-0.2, -0.15) is 0 Å². The Labute approximate surface area is 134 Å². The highest BCUT2D eigenvalue weighted by Gasteiger charge is 2.28. The van der Waals surface area contributed by atoms with Crippen molar-refractivity contribution in [2.24, 2.45) is 0 Å². The Morgan fingerprint density at radius 1 is 1.30 bits per heavy atom. The van der Waals surface area contributed by atoms with Crippen LogP contribution in [-0.2, 0) is 4.79 Å². The van der Waals surface area contributed by atoms with Gasteiger partial charge in [0.2, 0.25) is 0 Å². The van der Waals surface area contributed by atoms with Gasteiger partial charge in [-0.15, -0.1) is 0 Å². The number of carbonyl (C=O) groups excluding carboxylic acids is 1. The molecule has 0 unspecified atom stereocenters. The van der Waals surface area contributed by atoms with E-state index in [1.807, 2.05) is 0 Å². The summed E-state index contributed by atoms with van der Waals surface area (Å²) in [6.45, 7) is 4.99. The number of halogens is 2. The maximum atomic E-state index is 12.3. The number of amides is 2. The van der Waals surface area contributed by atoms with E-state index in [1.165, 1.54) is 4.90 Å².